The van der Waals surface area contributed by atoms with Crippen molar-refractivity contribution < 1.29 is 18.9 Å². The zero-order valence-electron chi connectivity index (χ0n) is 10.5. The maximum Gasteiger partial charge on any atom is 0.231 e. The normalized spacial score (nSPS) is 11.6. The van der Waals surface area contributed by atoms with Crippen molar-refractivity contribution in [1.29, 1.82) is 0 Å². The zero-order valence-corrected chi connectivity index (χ0v) is 10.5. The Hall–Kier alpha value is -2.53. The van der Waals surface area contributed by atoms with E-state index in [9.17, 15) is 0 Å². The molecule has 1 aromatic carbocycles. The lowest BCUT2D eigenvalue weighted by Gasteiger charge is -2.13. The molecule has 1 aliphatic heterocycles. The van der Waals surface area contributed by atoms with Crippen molar-refractivity contribution in [2.75, 3.05) is 20.6 Å². The molecule has 0 saturated carbocycles. The third-order valence-electron chi connectivity index (χ3n) is 2.55. The number of allylic oxidation sites excluding steroid dienone is 1. The van der Waals surface area contributed by atoms with Gasteiger partial charge in [-0.25, -0.2) is 0 Å². The van der Waals surface area contributed by atoms with Gasteiger partial charge in [-0.1, -0.05) is 11.2 Å². The summed E-state index contributed by atoms with van der Waals surface area (Å²) >= 11 is 0. The van der Waals surface area contributed by atoms with Gasteiger partial charge >= 0.3 is 0 Å². The maximum absolute atomic E-state index is 8.28. The largest absolute Gasteiger partial charge is 0.493 e. The van der Waals surface area contributed by atoms with Crippen LogP contribution in [0.4, 0.5) is 0 Å². The van der Waals surface area contributed by atoms with E-state index in [0.717, 1.165) is 5.56 Å². The standard InChI is InChI=1S/C12H13N3O4/c1-3-4-8-5-9(16-2)11-12(19-7-18-11)10(8)17-6-14-15-13/h3,5H,1,4,6-7H2,2H3. The quantitative estimate of drug-likeness (QED) is 0.342. The fraction of sp³-hybridized carbons (Fsp3) is 0.333. The first kappa shape index (κ1) is 12.9. The molecule has 1 aliphatic rings. The summed E-state index contributed by atoms with van der Waals surface area (Å²) < 4.78 is 21.4. The van der Waals surface area contributed by atoms with Gasteiger partial charge in [0.1, 0.15) is 0 Å². The summed E-state index contributed by atoms with van der Waals surface area (Å²) in [7, 11) is 1.55. The second-order valence-corrected chi connectivity index (χ2v) is 3.63. The van der Waals surface area contributed by atoms with Crippen LogP contribution < -0.4 is 18.9 Å². The molecule has 7 nitrogen and oxygen atoms in total. The Morgan fingerprint density at radius 2 is 2.32 bits per heavy atom. The summed E-state index contributed by atoms with van der Waals surface area (Å²) in [5.41, 5.74) is 9.10. The molecule has 0 fully saturated rings. The van der Waals surface area contributed by atoms with Crippen LogP contribution in [0.15, 0.2) is 23.8 Å². The minimum absolute atomic E-state index is 0.0983. The highest BCUT2D eigenvalue weighted by Gasteiger charge is 2.26. The molecule has 0 N–H and O–H groups in total. The molecule has 0 unspecified atom stereocenters. The highest BCUT2D eigenvalue weighted by molar-refractivity contribution is 5.64. The molecule has 0 radical (unpaired) electrons. The van der Waals surface area contributed by atoms with Crippen molar-refractivity contribution >= 4 is 0 Å². The van der Waals surface area contributed by atoms with E-state index in [4.69, 9.17) is 24.5 Å². The minimum Gasteiger partial charge on any atom is -0.493 e. The molecule has 7 heteroatoms. The van der Waals surface area contributed by atoms with Crippen molar-refractivity contribution in [2.45, 2.75) is 6.42 Å². The van der Waals surface area contributed by atoms with Gasteiger partial charge in [-0.05, 0) is 18.0 Å². The lowest BCUT2D eigenvalue weighted by atomic mass is 10.1. The van der Waals surface area contributed by atoms with Crippen LogP contribution in [0.25, 0.3) is 10.4 Å². The Bertz CT molecular complexity index is 538. The summed E-state index contributed by atoms with van der Waals surface area (Å²) in [6.07, 6.45) is 2.30. The average Bonchev–Trinajstić information content (AvgIpc) is 2.90. The van der Waals surface area contributed by atoms with Gasteiger partial charge in [-0.3, -0.25) is 0 Å². The maximum atomic E-state index is 8.28. The number of azide groups is 1. The number of nitrogens with zero attached hydrogens (tertiary/aromatic N) is 3. The van der Waals surface area contributed by atoms with E-state index in [-0.39, 0.29) is 13.5 Å². The SMILES string of the molecule is C=CCc1cc(OC)c2c(c1OCN=[N+]=[N-])OCO2. The monoisotopic (exact) mass is 263 g/mol. The van der Waals surface area contributed by atoms with Crippen LogP contribution in [-0.2, 0) is 6.42 Å². The molecule has 0 bridgehead atoms. The molecule has 0 atom stereocenters. The van der Waals surface area contributed by atoms with Crippen molar-refractivity contribution in [3.8, 4) is 23.0 Å². The molecule has 0 aromatic heterocycles. The van der Waals surface area contributed by atoms with Crippen molar-refractivity contribution in [1.82, 2.24) is 0 Å². The predicted molar refractivity (Wildman–Crippen MR) is 67.7 cm³/mol. The number of methoxy groups -OCH3 is 1. The molecule has 0 spiro atoms. The predicted octanol–water partition coefficient (Wildman–Crippen LogP) is 2.80. The summed E-state index contributed by atoms with van der Waals surface area (Å²) in [6, 6.07) is 1.79. The van der Waals surface area contributed by atoms with Gasteiger partial charge in [0.25, 0.3) is 0 Å². The minimum atomic E-state index is -0.122. The summed E-state index contributed by atoms with van der Waals surface area (Å²) in [5, 5.41) is 3.34. The van der Waals surface area contributed by atoms with E-state index in [2.05, 4.69) is 16.6 Å². The number of benzene rings is 1. The molecule has 1 aromatic rings. The molecule has 1 heterocycles. The molecule has 19 heavy (non-hydrogen) atoms. The fourth-order valence-electron chi connectivity index (χ4n) is 1.80. The van der Waals surface area contributed by atoms with Gasteiger partial charge in [0.05, 0.1) is 7.11 Å². The number of rotatable bonds is 6. The third kappa shape index (κ3) is 2.51. The Balaban J connectivity index is 2.45. The smallest absolute Gasteiger partial charge is 0.231 e. The Morgan fingerprint density at radius 1 is 1.53 bits per heavy atom. The van der Waals surface area contributed by atoms with Crippen LogP contribution in [-0.4, -0.2) is 20.6 Å². The second kappa shape index (κ2) is 5.88. The van der Waals surface area contributed by atoms with Gasteiger partial charge in [0.2, 0.25) is 18.3 Å². The van der Waals surface area contributed by atoms with Crippen LogP contribution in [0.3, 0.4) is 0 Å². The summed E-state index contributed by atoms with van der Waals surface area (Å²) in [6.45, 7) is 3.67. The Kier molecular flexibility index (Phi) is 4.00. The van der Waals surface area contributed by atoms with Gasteiger partial charge in [0, 0.05) is 10.5 Å². The molecule has 100 valence electrons. The zero-order chi connectivity index (χ0) is 13.7. The Labute approximate surface area is 110 Å². The topological polar surface area (TPSA) is 85.7 Å². The number of ether oxygens (including phenoxy) is 4. The van der Waals surface area contributed by atoms with E-state index < -0.39 is 0 Å². The molecule has 2 rings (SSSR count). The second-order valence-electron chi connectivity index (χ2n) is 3.63. The van der Waals surface area contributed by atoms with Crippen LogP contribution >= 0.6 is 0 Å². The lowest BCUT2D eigenvalue weighted by molar-refractivity contribution is 0.167. The van der Waals surface area contributed by atoms with Gasteiger partial charge < -0.3 is 18.9 Å². The fourth-order valence-corrected chi connectivity index (χ4v) is 1.80. The van der Waals surface area contributed by atoms with Crippen LogP contribution in [0.1, 0.15) is 5.56 Å². The molecular weight excluding hydrogens is 250 g/mol. The van der Waals surface area contributed by atoms with Crippen LogP contribution in [0, 0.1) is 0 Å². The van der Waals surface area contributed by atoms with Gasteiger partial charge in [-0.15, -0.1) is 6.58 Å². The number of fused-ring (bicyclic) bond motifs is 1. The third-order valence-corrected chi connectivity index (χ3v) is 2.55. The molecule has 0 amide bonds. The average molecular weight is 263 g/mol. The van der Waals surface area contributed by atoms with E-state index in [0.29, 0.717) is 29.4 Å². The first-order chi connectivity index (χ1) is 9.31. The first-order valence-corrected chi connectivity index (χ1v) is 5.55. The van der Waals surface area contributed by atoms with Crippen LogP contribution in [0.5, 0.6) is 23.0 Å². The summed E-state index contributed by atoms with van der Waals surface area (Å²) in [5.74, 6) is 2.01. The number of hydrogen-bond donors (Lipinski definition) is 0. The number of hydrogen-bond acceptors (Lipinski definition) is 5. The van der Waals surface area contributed by atoms with E-state index in [1.54, 1.807) is 19.3 Å². The van der Waals surface area contributed by atoms with Crippen molar-refractivity contribution in [2.24, 2.45) is 5.11 Å². The van der Waals surface area contributed by atoms with E-state index in [1.807, 2.05) is 0 Å². The Morgan fingerprint density at radius 3 is 3.00 bits per heavy atom. The van der Waals surface area contributed by atoms with E-state index in [1.165, 1.54) is 0 Å². The highest BCUT2D eigenvalue weighted by atomic mass is 16.7. The summed E-state index contributed by atoms with van der Waals surface area (Å²) in [4.78, 5) is 2.64. The highest BCUT2D eigenvalue weighted by Crippen LogP contribution is 2.49. The van der Waals surface area contributed by atoms with Crippen molar-refractivity contribution in [3.63, 3.8) is 0 Å². The van der Waals surface area contributed by atoms with Crippen LogP contribution in [0.2, 0.25) is 0 Å². The molecule has 0 saturated heterocycles. The first-order valence-electron chi connectivity index (χ1n) is 5.55. The van der Waals surface area contributed by atoms with Crippen molar-refractivity contribution in [3.05, 3.63) is 34.7 Å². The van der Waals surface area contributed by atoms with E-state index >= 15 is 0 Å². The van der Waals surface area contributed by atoms with Gasteiger partial charge in [0.15, 0.2) is 18.2 Å². The molecular formula is C12H13N3O4. The molecule has 0 aliphatic carbocycles. The van der Waals surface area contributed by atoms with Gasteiger partial charge in [-0.2, -0.15) is 0 Å². The lowest BCUT2D eigenvalue weighted by Crippen LogP contribution is -2.00.